The first-order valence-corrected chi connectivity index (χ1v) is 8.14. The van der Waals surface area contributed by atoms with Crippen molar-refractivity contribution in [2.45, 2.75) is 31.7 Å². The summed E-state index contributed by atoms with van der Waals surface area (Å²) in [7, 11) is 0. The van der Waals surface area contributed by atoms with Crippen molar-refractivity contribution in [2.75, 3.05) is 18.0 Å². The zero-order valence-corrected chi connectivity index (χ0v) is 12.4. The van der Waals surface area contributed by atoms with Crippen LogP contribution in [0.15, 0.2) is 18.2 Å². The lowest BCUT2D eigenvalue weighted by atomic mass is 10.1. The van der Waals surface area contributed by atoms with Crippen LogP contribution in [0.25, 0.3) is 0 Å². The van der Waals surface area contributed by atoms with E-state index in [1.807, 2.05) is 0 Å². The number of rotatable bonds is 3. The van der Waals surface area contributed by atoms with Gasteiger partial charge in [-0.2, -0.15) is 0 Å². The van der Waals surface area contributed by atoms with Crippen molar-refractivity contribution in [3.05, 3.63) is 29.8 Å². The highest BCUT2D eigenvalue weighted by Crippen LogP contribution is 2.57. The predicted molar refractivity (Wildman–Crippen MR) is 79.4 cm³/mol. The van der Waals surface area contributed by atoms with Crippen LogP contribution in [-0.4, -0.2) is 25.0 Å². The number of carbonyl (C=O) groups excluding carboxylic acids is 1. The first kappa shape index (κ1) is 14.0. The fourth-order valence-corrected chi connectivity index (χ4v) is 4.38. The van der Waals surface area contributed by atoms with Gasteiger partial charge in [-0.3, -0.25) is 4.79 Å². The molecular weight excluding hydrogens is 286 g/mol. The number of nitrogens with zero attached hydrogens (tertiary/aromatic N) is 1. The van der Waals surface area contributed by atoms with Crippen LogP contribution in [0.2, 0.25) is 0 Å². The smallest absolute Gasteiger partial charge is 0.223 e. The van der Waals surface area contributed by atoms with Gasteiger partial charge in [0.15, 0.2) is 0 Å². The maximum Gasteiger partial charge on any atom is 0.223 e. The monoisotopic (exact) mass is 306 g/mol. The molecule has 3 aliphatic rings. The molecule has 22 heavy (non-hydrogen) atoms. The third kappa shape index (κ3) is 2.27. The van der Waals surface area contributed by atoms with Crippen molar-refractivity contribution in [2.24, 2.45) is 17.8 Å². The standard InChI is InChI=1S/C17H20F2N2O/c18-13-5-2-6-14(19)16(13)21-8-7-10(9-21)20-17(22)15-11-3-1-4-12(11)15/h2,5-6,10-12,15H,1,3-4,7-9H2,(H,20,22)/t10-,11-,12-/m1/s1. The molecule has 0 radical (unpaired) electrons. The van der Waals surface area contributed by atoms with Gasteiger partial charge in [-0.1, -0.05) is 12.5 Å². The number of nitrogens with one attached hydrogen (secondary N) is 1. The predicted octanol–water partition coefficient (Wildman–Crippen LogP) is 2.71. The second-order valence-electron chi connectivity index (χ2n) is 6.79. The van der Waals surface area contributed by atoms with Gasteiger partial charge in [0.2, 0.25) is 5.91 Å². The van der Waals surface area contributed by atoms with Crippen molar-refractivity contribution < 1.29 is 13.6 Å². The number of fused-ring (bicyclic) bond motifs is 1. The summed E-state index contributed by atoms with van der Waals surface area (Å²) in [5.41, 5.74) is 0.0301. The maximum absolute atomic E-state index is 13.8. The summed E-state index contributed by atoms with van der Waals surface area (Å²) < 4.78 is 27.6. The van der Waals surface area contributed by atoms with Gasteiger partial charge < -0.3 is 10.2 Å². The average molecular weight is 306 g/mol. The fourth-order valence-electron chi connectivity index (χ4n) is 4.38. The SMILES string of the molecule is O=C(N[C@@H]1CCN(c2c(F)cccc2F)C1)C1[C@@H]2CCC[C@@H]12. The summed E-state index contributed by atoms with van der Waals surface area (Å²) in [4.78, 5) is 14.0. The van der Waals surface area contributed by atoms with Gasteiger partial charge in [0, 0.05) is 25.0 Å². The minimum Gasteiger partial charge on any atom is -0.365 e. The van der Waals surface area contributed by atoms with E-state index in [4.69, 9.17) is 0 Å². The zero-order valence-electron chi connectivity index (χ0n) is 12.4. The molecule has 0 bridgehead atoms. The number of hydrogen-bond acceptors (Lipinski definition) is 2. The molecular formula is C17H20F2N2O. The van der Waals surface area contributed by atoms with Crippen LogP contribution in [-0.2, 0) is 4.79 Å². The van der Waals surface area contributed by atoms with E-state index in [2.05, 4.69) is 5.32 Å². The van der Waals surface area contributed by atoms with Gasteiger partial charge >= 0.3 is 0 Å². The Morgan fingerprint density at radius 2 is 1.82 bits per heavy atom. The Morgan fingerprint density at radius 1 is 1.14 bits per heavy atom. The quantitative estimate of drug-likeness (QED) is 0.931. The molecule has 118 valence electrons. The van der Waals surface area contributed by atoms with E-state index in [9.17, 15) is 13.6 Å². The van der Waals surface area contributed by atoms with Gasteiger partial charge in [0.05, 0.1) is 0 Å². The van der Waals surface area contributed by atoms with Crippen molar-refractivity contribution in [1.29, 1.82) is 0 Å². The average Bonchev–Trinajstić information content (AvgIpc) is 2.85. The molecule has 0 spiro atoms. The number of para-hydroxylation sites is 1. The van der Waals surface area contributed by atoms with Crippen molar-refractivity contribution in [3.8, 4) is 0 Å². The summed E-state index contributed by atoms with van der Waals surface area (Å²) in [5.74, 6) is 0.471. The highest BCUT2D eigenvalue weighted by molar-refractivity contribution is 5.82. The van der Waals surface area contributed by atoms with Gasteiger partial charge in [-0.05, 0) is 43.2 Å². The summed E-state index contributed by atoms with van der Waals surface area (Å²) in [6.07, 6.45) is 4.35. The number of halogens is 2. The number of hydrogen-bond donors (Lipinski definition) is 1. The fraction of sp³-hybridized carbons (Fsp3) is 0.588. The Bertz CT molecular complexity index is 576. The molecule has 1 aromatic rings. The molecule has 5 heteroatoms. The van der Waals surface area contributed by atoms with Crippen LogP contribution in [0.3, 0.4) is 0 Å². The van der Waals surface area contributed by atoms with E-state index >= 15 is 0 Å². The number of amides is 1. The Labute approximate surface area is 128 Å². The highest BCUT2D eigenvalue weighted by Gasteiger charge is 2.56. The van der Waals surface area contributed by atoms with Crippen molar-refractivity contribution in [3.63, 3.8) is 0 Å². The summed E-state index contributed by atoms with van der Waals surface area (Å²) in [6.45, 7) is 1.05. The van der Waals surface area contributed by atoms with E-state index in [0.29, 0.717) is 24.9 Å². The Kier molecular flexibility index (Phi) is 3.31. The molecule has 3 nitrogen and oxygen atoms in total. The van der Waals surface area contributed by atoms with Crippen LogP contribution in [0.1, 0.15) is 25.7 Å². The molecule has 2 aliphatic carbocycles. The molecule has 1 aliphatic heterocycles. The lowest BCUT2D eigenvalue weighted by molar-refractivity contribution is -0.123. The molecule has 0 aromatic heterocycles. The minimum atomic E-state index is -0.538. The maximum atomic E-state index is 13.8. The van der Waals surface area contributed by atoms with Gasteiger partial charge in [-0.15, -0.1) is 0 Å². The zero-order chi connectivity index (χ0) is 15.3. The topological polar surface area (TPSA) is 32.3 Å². The number of benzene rings is 1. The van der Waals surface area contributed by atoms with Crippen LogP contribution in [0.5, 0.6) is 0 Å². The molecule has 3 fully saturated rings. The van der Waals surface area contributed by atoms with E-state index in [1.54, 1.807) is 4.90 Å². The van der Waals surface area contributed by atoms with Crippen molar-refractivity contribution >= 4 is 11.6 Å². The first-order valence-electron chi connectivity index (χ1n) is 8.14. The second-order valence-corrected chi connectivity index (χ2v) is 6.79. The normalized spacial score (nSPS) is 32.9. The van der Waals surface area contributed by atoms with Crippen LogP contribution < -0.4 is 10.2 Å². The summed E-state index contributed by atoms with van der Waals surface area (Å²) >= 11 is 0. The van der Waals surface area contributed by atoms with Crippen LogP contribution in [0.4, 0.5) is 14.5 Å². The van der Waals surface area contributed by atoms with Crippen LogP contribution >= 0.6 is 0 Å². The van der Waals surface area contributed by atoms with E-state index in [1.165, 1.54) is 37.5 Å². The third-order valence-electron chi connectivity index (χ3n) is 5.50. The van der Waals surface area contributed by atoms with Crippen LogP contribution in [0, 0.1) is 29.4 Å². The highest BCUT2D eigenvalue weighted by atomic mass is 19.1. The van der Waals surface area contributed by atoms with Gasteiger partial charge in [0.25, 0.3) is 0 Å². The molecule has 1 amide bonds. The number of carbonyl (C=O) groups is 1. The lowest BCUT2D eigenvalue weighted by Crippen LogP contribution is -2.38. The molecule has 1 heterocycles. The number of anilines is 1. The van der Waals surface area contributed by atoms with E-state index in [0.717, 1.165) is 6.42 Å². The molecule has 2 saturated carbocycles. The van der Waals surface area contributed by atoms with E-state index in [-0.39, 0.29) is 23.6 Å². The molecule has 0 unspecified atom stereocenters. The largest absolute Gasteiger partial charge is 0.365 e. The second kappa shape index (κ2) is 5.21. The Morgan fingerprint density at radius 3 is 2.50 bits per heavy atom. The third-order valence-corrected chi connectivity index (χ3v) is 5.50. The molecule has 3 atom stereocenters. The van der Waals surface area contributed by atoms with E-state index < -0.39 is 11.6 Å². The van der Waals surface area contributed by atoms with Crippen molar-refractivity contribution in [1.82, 2.24) is 5.32 Å². The van der Waals surface area contributed by atoms with Gasteiger partial charge in [-0.25, -0.2) is 8.78 Å². The molecule has 4 rings (SSSR count). The summed E-state index contributed by atoms with van der Waals surface area (Å²) in [5, 5.41) is 3.08. The first-order chi connectivity index (χ1) is 10.6. The lowest BCUT2D eigenvalue weighted by Gasteiger charge is -2.20. The minimum absolute atomic E-state index is 0.00664. The Hall–Kier alpha value is -1.65. The molecule has 1 aromatic carbocycles. The molecule has 1 N–H and O–H groups in total. The summed E-state index contributed by atoms with van der Waals surface area (Å²) in [6, 6.07) is 3.91. The van der Waals surface area contributed by atoms with Gasteiger partial charge in [0.1, 0.15) is 17.3 Å². The molecule has 1 saturated heterocycles. The Balaban J connectivity index is 1.37.